The second kappa shape index (κ2) is 20.7. The van der Waals surface area contributed by atoms with Crippen LogP contribution in [0.25, 0.3) is 11.1 Å². The van der Waals surface area contributed by atoms with E-state index in [1.54, 1.807) is 21.0 Å². The predicted molar refractivity (Wildman–Crippen MR) is 204 cm³/mol. The minimum atomic E-state index is -0.955. The van der Waals surface area contributed by atoms with Crippen molar-refractivity contribution in [3.63, 3.8) is 0 Å². The van der Waals surface area contributed by atoms with Crippen LogP contribution in [0.1, 0.15) is 42.0 Å². The number of ether oxygens (including phenoxy) is 3. The zero-order chi connectivity index (χ0) is 37.3. The van der Waals surface area contributed by atoms with Gasteiger partial charge < -0.3 is 35.5 Å². The fourth-order valence-corrected chi connectivity index (χ4v) is 5.98. The molecule has 0 heterocycles. The Morgan fingerprint density at radius 3 is 1.60 bits per heavy atom. The Morgan fingerprint density at radius 1 is 0.654 bits per heavy atom. The van der Waals surface area contributed by atoms with Gasteiger partial charge in [0, 0.05) is 6.42 Å². The Labute approximate surface area is 307 Å². The number of methoxy groups -OCH3 is 1. The number of hydrogen-bond donors (Lipinski definition) is 4. The van der Waals surface area contributed by atoms with Gasteiger partial charge in [-0.1, -0.05) is 72.8 Å². The summed E-state index contributed by atoms with van der Waals surface area (Å²) < 4.78 is 17.8. The Bertz CT molecular complexity index is 1730. The van der Waals surface area contributed by atoms with Crippen LogP contribution in [-0.2, 0) is 45.2 Å². The number of benzene rings is 4. The quantitative estimate of drug-likeness (QED) is 0.0698. The fraction of sp³-hybridized carbons (Fsp3) is 0.357. The summed E-state index contributed by atoms with van der Waals surface area (Å²) in [5, 5.41) is 12.2. The molecule has 0 bridgehead atoms. The van der Waals surface area contributed by atoms with Crippen LogP contribution in [0, 0.1) is 0 Å². The van der Waals surface area contributed by atoms with Gasteiger partial charge in [0.05, 0.1) is 19.2 Å². The number of carbonyl (C=O) groups is 3. The van der Waals surface area contributed by atoms with Crippen molar-refractivity contribution in [1.29, 1.82) is 0 Å². The number of likely N-dealkylation sites (N-methyl/N-ethyl adjacent to an activating group) is 2. The lowest BCUT2D eigenvalue weighted by atomic mass is 9.94. The second-order valence-electron chi connectivity index (χ2n) is 12.7. The highest BCUT2D eigenvalue weighted by Gasteiger charge is 2.27. The first-order chi connectivity index (χ1) is 25.3. The summed E-state index contributed by atoms with van der Waals surface area (Å²) in [6.45, 7) is 3.06. The van der Waals surface area contributed by atoms with Crippen LogP contribution in [0.3, 0.4) is 0 Å². The van der Waals surface area contributed by atoms with Crippen molar-refractivity contribution >= 4 is 17.7 Å². The fourth-order valence-electron chi connectivity index (χ4n) is 5.98. The molecule has 0 unspecified atom stereocenters. The Balaban J connectivity index is 1.70. The average Bonchev–Trinajstić information content (AvgIpc) is 3.17. The number of ketones is 1. The first kappa shape index (κ1) is 39.8. The Morgan fingerprint density at radius 2 is 1.15 bits per heavy atom. The summed E-state index contributed by atoms with van der Waals surface area (Å²) in [5.74, 6) is 0.478. The van der Waals surface area contributed by atoms with Crippen molar-refractivity contribution in [2.24, 2.45) is 0 Å². The Kier molecular flexibility index (Phi) is 15.8. The molecule has 0 aliphatic rings. The molecule has 4 rings (SSSR count). The summed E-state index contributed by atoms with van der Waals surface area (Å²) in [6.07, 6.45) is 1.97. The Hall–Kier alpha value is -5.03. The monoisotopic (exact) mass is 708 g/mol. The minimum absolute atomic E-state index is 0.0301. The number of carbonyl (C=O) groups excluding carboxylic acids is 3. The van der Waals surface area contributed by atoms with Crippen LogP contribution >= 0.6 is 0 Å². The summed E-state index contributed by atoms with van der Waals surface area (Å²) >= 11 is 0. The van der Waals surface area contributed by atoms with Gasteiger partial charge in [-0.2, -0.15) is 0 Å². The maximum atomic E-state index is 13.4. The lowest BCUT2D eigenvalue weighted by molar-refractivity contribution is -0.145. The van der Waals surface area contributed by atoms with E-state index in [9.17, 15) is 14.4 Å². The SMILES string of the molecule is CNCCC[C@H](NC)C(=O)N[C@@H](Cc1cc(-c2ccc(OCc3ccccc3)c(C[C@H](NC)C(C)=O)c2)ccc1OCc1ccccc1)C(=O)OC. The lowest BCUT2D eigenvalue weighted by Crippen LogP contribution is -2.50. The van der Waals surface area contributed by atoms with Gasteiger partial charge in [0.15, 0.2) is 0 Å². The third-order valence-electron chi connectivity index (χ3n) is 9.00. The first-order valence-corrected chi connectivity index (χ1v) is 17.7. The number of hydrogen-bond acceptors (Lipinski definition) is 9. The topological polar surface area (TPSA) is 127 Å². The summed E-state index contributed by atoms with van der Waals surface area (Å²) in [4.78, 5) is 39.0. The van der Waals surface area contributed by atoms with E-state index < -0.39 is 18.1 Å². The maximum Gasteiger partial charge on any atom is 0.328 e. The van der Waals surface area contributed by atoms with E-state index in [2.05, 4.69) is 21.3 Å². The molecule has 0 aliphatic carbocycles. The van der Waals surface area contributed by atoms with Crippen LogP contribution < -0.4 is 30.7 Å². The average molecular weight is 709 g/mol. The molecule has 10 heteroatoms. The second-order valence-corrected chi connectivity index (χ2v) is 12.7. The number of rotatable bonds is 21. The van der Waals surface area contributed by atoms with Crippen molar-refractivity contribution < 1.29 is 28.6 Å². The number of nitrogens with one attached hydrogen (secondary N) is 4. The summed E-state index contributed by atoms with van der Waals surface area (Å²) in [5.41, 5.74) is 5.41. The molecular formula is C42H52N4O6. The molecule has 4 aromatic rings. The molecule has 4 aromatic carbocycles. The summed E-state index contributed by atoms with van der Waals surface area (Å²) in [6, 6.07) is 29.7. The maximum absolute atomic E-state index is 13.4. The molecule has 0 spiro atoms. The molecule has 4 N–H and O–H groups in total. The summed E-state index contributed by atoms with van der Waals surface area (Å²) in [7, 11) is 6.69. The third kappa shape index (κ3) is 11.8. The molecule has 3 atom stereocenters. The van der Waals surface area contributed by atoms with E-state index in [4.69, 9.17) is 14.2 Å². The smallest absolute Gasteiger partial charge is 0.328 e. The van der Waals surface area contributed by atoms with E-state index in [1.165, 1.54) is 7.11 Å². The van der Waals surface area contributed by atoms with Gasteiger partial charge in [0.1, 0.15) is 36.5 Å². The highest BCUT2D eigenvalue weighted by molar-refractivity contribution is 5.88. The van der Waals surface area contributed by atoms with E-state index >= 15 is 0 Å². The lowest BCUT2D eigenvalue weighted by Gasteiger charge is -2.23. The highest BCUT2D eigenvalue weighted by atomic mass is 16.5. The van der Waals surface area contributed by atoms with Crippen molar-refractivity contribution in [3.05, 3.63) is 119 Å². The molecule has 1 amide bonds. The van der Waals surface area contributed by atoms with E-state index in [0.29, 0.717) is 37.6 Å². The third-order valence-corrected chi connectivity index (χ3v) is 9.00. The molecule has 0 saturated heterocycles. The van der Waals surface area contributed by atoms with Gasteiger partial charge in [0.25, 0.3) is 0 Å². The van der Waals surface area contributed by atoms with Gasteiger partial charge in [-0.15, -0.1) is 0 Å². The van der Waals surface area contributed by atoms with Gasteiger partial charge in [0.2, 0.25) is 5.91 Å². The molecule has 52 heavy (non-hydrogen) atoms. The van der Waals surface area contributed by atoms with Gasteiger partial charge >= 0.3 is 5.97 Å². The van der Waals surface area contributed by atoms with Crippen molar-refractivity contribution in [2.75, 3.05) is 34.8 Å². The molecule has 0 aliphatic heterocycles. The van der Waals surface area contributed by atoms with Crippen LogP contribution in [0.15, 0.2) is 97.1 Å². The first-order valence-electron chi connectivity index (χ1n) is 17.7. The molecular weight excluding hydrogens is 656 g/mol. The molecule has 0 radical (unpaired) electrons. The van der Waals surface area contributed by atoms with Gasteiger partial charge in [-0.3, -0.25) is 9.59 Å². The van der Waals surface area contributed by atoms with Crippen molar-refractivity contribution in [3.8, 4) is 22.6 Å². The van der Waals surface area contributed by atoms with Crippen LogP contribution in [0.4, 0.5) is 0 Å². The standard InChI is InChI=1S/C42H52N4O6/c1-29(47)37(45-4)25-34-23-32(18-20-39(34)51-27-30-13-8-6-9-14-30)33-19-21-40(52-28-31-15-10-7-11-16-31)35(24-33)26-38(42(49)50-5)46-41(48)36(44-3)17-12-22-43-2/h6-11,13-16,18-21,23-24,36-38,43-45H,12,17,22,25-28H2,1-5H3,(H,46,48)/t36-,37-,38-/m0/s1. The van der Waals surface area contributed by atoms with Crippen LogP contribution in [-0.4, -0.2) is 70.6 Å². The molecule has 0 saturated carbocycles. The van der Waals surface area contributed by atoms with E-state index in [-0.39, 0.29) is 24.2 Å². The highest BCUT2D eigenvalue weighted by Crippen LogP contribution is 2.32. The van der Waals surface area contributed by atoms with Gasteiger partial charge in [-0.05, 0) is 112 Å². The largest absolute Gasteiger partial charge is 0.489 e. The molecule has 10 nitrogen and oxygen atoms in total. The minimum Gasteiger partial charge on any atom is -0.489 e. The molecule has 0 fully saturated rings. The number of amides is 1. The van der Waals surface area contributed by atoms with Gasteiger partial charge in [-0.25, -0.2) is 4.79 Å². The molecule has 0 aromatic heterocycles. The number of esters is 1. The molecule has 276 valence electrons. The zero-order valence-corrected chi connectivity index (χ0v) is 30.9. The number of Topliss-reactive ketones (excluding diaryl/α,β-unsaturated/α-hetero) is 1. The normalized spacial score (nSPS) is 12.7. The zero-order valence-electron chi connectivity index (χ0n) is 30.9. The van der Waals surface area contributed by atoms with Crippen molar-refractivity contribution in [2.45, 2.75) is 63.9 Å². The predicted octanol–water partition coefficient (Wildman–Crippen LogP) is 5.02. The van der Waals surface area contributed by atoms with Crippen LogP contribution in [0.2, 0.25) is 0 Å². The van der Waals surface area contributed by atoms with E-state index in [0.717, 1.165) is 46.3 Å². The van der Waals surface area contributed by atoms with E-state index in [1.807, 2.05) is 104 Å². The van der Waals surface area contributed by atoms with Crippen molar-refractivity contribution in [1.82, 2.24) is 21.3 Å². The van der Waals surface area contributed by atoms with Crippen LogP contribution in [0.5, 0.6) is 11.5 Å².